The third kappa shape index (κ3) is 2.19. The molecule has 1 aromatic heterocycles. The van der Waals surface area contributed by atoms with Crippen molar-refractivity contribution in [2.75, 3.05) is 13.2 Å². The first kappa shape index (κ1) is 10.6. The van der Waals surface area contributed by atoms with Gasteiger partial charge in [-0.2, -0.15) is 0 Å². The van der Waals surface area contributed by atoms with Crippen molar-refractivity contribution in [2.24, 2.45) is 11.7 Å². The Morgan fingerprint density at radius 1 is 1.47 bits per heavy atom. The maximum Gasteiger partial charge on any atom is 0.0513 e. The lowest BCUT2D eigenvalue weighted by atomic mass is 9.92. The molecule has 2 N–H and O–H groups in total. The minimum atomic E-state index is 0.0700. The van der Waals surface area contributed by atoms with Gasteiger partial charge in [-0.3, -0.25) is 4.98 Å². The Kier molecular flexibility index (Phi) is 3.03. The van der Waals surface area contributed by atoms with Crippen molar-refractivity contribution in [1.29, 1.82) is 0 Å². The molecule has 1 fully saturated rings. The van der Waals surface area contributed by atoms with Crippen LogP contribution in [0.3, 0.4) is 0 Å². The van der Waals surface area contributed by atoms with Gasteiger partial charge in [-0.15, -0.1) is 0 Å². The SMILES string of the molecule is Cc1ccc(C(N)C2CCOC2)c(C)n1. The number of hydrogen-bond acceptors (Lipinski definition) is 3. The van der Waals surface area contributed by atoms with E-state index >= 15 is 0 Å². The van der Waals surface area contributed by atoms with E-state index < -0.39 is 0 Å². The normalized spacial score (nSPS) is 23.0. The number of aryl methyl sites for hydroxylation is 2. The molecule has 3 nitrogen and oxygen atoms in total. The molecule has 1 aromatic rings. The van der Waals surface area contributed by atoms with Crippen molar-refractivity contribution >= 4 is 0 Å². The van der Waals surface area contributed by atoms with Crippen molar-refractivity contribution in [1.82, 2.24) is 4.98 Å². The molecule has 3 heteroatoms. The van der Waals surface area contributed by atoms with Crippen LogP contribution in [0.1, 0.15) is 29.4 Å². The highest BCUT2D eigenvalue weighted by molar-refractivity contribution is 5.25. The number of hydrogen-bond donors (Lipinski definition) is 1. The molecule has 0 saturated carbocycles. The van der Waals surface area contributed by atoms with Gasteiger partial charge in [0.15, 0.2) is 0 Å². The molecule has 2 heterocycles. The molecular weight excluding hydrogens is 188 g/mol. The summed E-state index contributed by atoms with van der Waals surface area (Å²) in [7, 11) is 0. The van der Waals surface area contributed by atoms with Crippen LogP contribution in [0, 0.1) is 19.8 Å². The first-order valence-electron chi connectivity index (χ1n) is 5.46. The summed E-state index contributed by atoms with van der Waals surface area (Å²) in [6, 6.07) is 4.19. The Balaban J connectivity index is 2.20. The number of pyridine rings is 1. The highest BCUT2D eigenvalue weighted by Crippen LogP contribution is 2.27. The Morgan fingerprint density at radius 3 is 2.87 bits per heavy atom. The summed E-state index contributed by atoms with van der Waals surface area (Å²) in [4.78, 5) is 4.45. The van der Waals surface area contributed by atoms with E-state index in [2.05, 4.69) is 11.1 Å². The van der Waals surface area contributed by atoms with E-state index in [9.17, 15) is 0 Å². The molecular formula is C12H18N2O. The van der Waals surface area contributed by atoms with Crippen LogP contribution < -0.4 is 5.73 Å². The van der Waals surface area contributed by atoms with E-state index in [4.69, 9.17) is 10.5 Å². The van der Waals surface area contributed by atoms with Crippen LogP contribution >= 0.6 is 0 Å². The maximum atomic E-state index is 6.23. The quantitative estimate of drug-likeness (QED) is 0.801. The van der Waals surface area contributed by atoms with Gasteiger partial charge in [0.25, 0.3) is 0 Å². The predicted octanol–water partition coefficient (Wildman–Crippen LogP) is 1.73. The molecule has 0 bridgehead atoms. The van der Waals surface area contributed by atoms with Gasteiger partial charge in [0.05, 0.1) is 6.61 Å². The van der Waals surface area contributed by atoms with E-state index in [-0.39, 0.29) is 6.04 Å². The highest BCUT2D eigenvalue weighted by Gasteiger charge is 2.25. The summed E-state index contributed by atoms with van der Waals surface area (Å²) in [5.41, 5.74) is 9.49. The number of ether oxygens (including phenoxy) is 1. The van der Waals surface area contributed by atoms with Gasteiger partial charge in [0.1, 0.15) is 0 Å². The van der Waals surface area contributed by atoms with Crippen LogP contribution in [0.4, 0.5) is 0 Å². The molecule has 0 aromatic carbocycles. The summed E-state index contributed by atoms with van der Waals surface area (Å²) in [5, 5.41) is 0. The van der Waals surface area contributed by atoms with Crippen LogP contribution in [-0.2, 0) is 4.74 Å². The van der Waals surface area contributed by atoms with Gasteiger partial charge in [-0.05, 0) is 31.9 Å². The van der Waals surface area contributed by atoms with Crippen molar-refractivity contribution in [3.05, 3.63) is 29.1 Å². The lowest BCUT2D eigenvalue weighted by Gasteiger charge is -2.19. The fourth-order valence-electron chi connectivity index (χ4n) is 2.14. The number of nitrogens with zero attached hydrogens (tertiary/aromatic N) is 1. The van der Waals surface area contributed by atoms with E-state index in [0.29, 0.717) is 5.92 Å². The minimum Gasteiger partial charge on any atom is -0.381 e. The average molecular weight is 206 g/mol. The van der Waals surface area contributed by atoms with Gasteiger partial charge in [0, 0.05) is 30.0 Å². The second kappa shape index (κ2) is 4.29. The minimum absolute atomic E-state index is 0.0700. The van der Waals surface area contributed by atoms with Crippen LogP contribution in [0.15, 0.2) is 12.1 Å². The van der Waals surface area contributed by atoms with Gasteiger partial charge >= 0.3 is 0 Å². The van der Waals surface area contributed by atoms with Gasteiger partial charge in [-0.25, -0.2) is 0 Å². The van der Waals surface area contributed by atoms with Crippen LogP contribution in [-0.4, -0.2) is 18.2 Å². The third-order valence-corrected chi connectivity index (χ3v) is 3.10. The second-order valence-corrected chi connectivity index (χ2v) is 4.28. The van der Waals surface area contributed by atoms with E-state index in [0.717, 1.165) is 36.6 Å². The fraction of sp³-hybridized carbons (Fsp3) is 0.583. The largest absolute Gasteiger partial charge is 0.381 e. The Hall–Kier alpha value is -0.930. The molecule has 82 valence electrons. The summed E-state index contributed by atoms with van der Waals surface area (Å²) < 4.78 is 5.36. The van der Waals surface area contributed by atoms with Gasteiger partial charge < -0.3 is 10.5 Å². The van der Waals surface area contributed by atoms with Crippen molar-refractivity contribution in [3.63, 3.8) is 0 Å². The Bertz CT molecular complexity index is 345. The average Bonchev–Trinajstić information content (AvgIpc) is 2.69. The Labute approximate surface area is 90.7 Å². The summed E-state index contributed by atoms with van der Waals surface area (Å²) >= 11 is 0. The van der Waals surface area contributed by atoms with E-state index in [1.807, 2.05) is 19.9 Å². The molecule has 0 radical (unpaired) electrons. The van der Waals surface area contributed by atoms with E-state index in [1.54, 1.807) is 0 Å². The number of rotatable bonds is 2. The maximum absolute atomic E-state index is 6.23. The van der Waals surface area contributed by atoms with Crippen LogP contribution in [0.2, 0.25) is 0 Å². The van der Waals surface area contributed by atoms with E-state index in [1.165, 1.54) is 0 Å². The Morgan fingerprint density at radius 2 is 2.27 bits per heavy atom. The standard InChI is InChI=1S/C12H18N2O/c1-8-3-4-11(9(2)14-8)12(13)10-5-6-15-7-10/h3-4,10,12H,5-7,13H2,1-2H3. The highest BCUT2D eigenvalue weighted by atomic mass is 16.5. The van der Waals surface area contributed by atoms with Crippen molar-refractivity contribution < 1.29 is 4.74 Å². The molecule has 1 saturated heterocycles. The zero-order valence-corrected chi connectivity index (χ0v) is 9.36. The van der Waals surface area contributed by atoms with Crippen molar-refractivity contribution in [2.45, 2.75) is 26.3 Å². The molecule has 1 aliphatic rings. The molecule has 0 spiro atoms. The lowest BCUT2D eigenvalue weighted by Crippen LogP contribution is -2.22. The zero-order valence-electron chi connectivity index (χ0n) is 9.36. The zero-order chi connectivity index (χ0) is 10.8. The lowest BCUT2D eigenvalue weighted by molar-refractivity contribution is 0.181. The van der Waals surface area contributed by atoms with Gasteiger partial charge in [0.2, 0.25) is 0 Å². The monoisotopic (exact) mass is 206 g/mol. The third-order valence-electron chi connectivity index (χ3n) is 3.10. The molecule has 0 amide bonds. The summed E-state index contributed by atoms with van der Waals surface area (Å²) in [6.45, 7) is 5.66. The second-order valence-electron chi connectivity index (χ2n) is 4.28. The molecule has 1 aliphatic heterocycles. The molecule has 2 rings (SSSR count). The van der Waals surface area contributed by atoms with Gasteiger partial charge in [-0.1, -0.05) is 6.07 Å². The molecule has 2 atom stereocenters. The first-order valence-corrected chi connectivity index (χ1v) is 5.46. The summed E-state index contributed by atoms with van der Waals surface area (Å²) in [6.07, 6.45) is 1.06. The van der Waals surface area contributed by atoms with Crippen LogP contribution in [0.25, 0.3) is 0 Å². The molecule has 0 aliphatic carbocycles. The molecule has 15 heavy (non-hydrogen) atoms. The van der Waals surface area contributed by atoms with Crippen molar-refractivity contribution in [3.8, 4) is 0 Å². The predicted molar refractivity (Wildman–Crippen MR) is 59.6 cm³/mol. The first-order chi connectivity index (χ1) is 7.18. The summed E-state index contributed by atoms with van der Waals surface area (Å²) in [5.74, 6) is 0.452. The smallest absolute Gasteiger partial charge is 0.0513 e. The van der Waals surface area contributed by atoms with Crippen LogP contribution in [0.5, 0.6) is 0 Å². The molecule has 2 unspecified atom stereocenters. The topological polar surface area (TPSA) is 48.1 Å². The fourth-order valence-corrected chi connectivity index (χ4v) is 2.14. The number of aromatic nitrogens is 1. The number of nitrogens with two attached hydrogens (primary N) is 1.